The van der Waals surface area contributed by atoms with E-state index in [-0.39, 0.29) is 25.0 Å². The normalized spacial score (nSPS) is 33.5. The lowest BCUT2D eigenvalue weighted by molar-refractivity contribution is -0.199. The molecule has 0 aromatic carbocycles. The van der Waals surface area contributed by atoms with Crippen LogP contribution in [0.4, 0.5) is 22.4 Å². The van der Waals surface area contributed by atoms with Crippen molar-refractivity contribution in [3.8, 4) is 0 Å². The zero-order chi connectivity index (χ0) is 21.6. The SMILES string of the molecule is CNCCCN(C)C1CC(C)NC(NC(=O)NC2CCC(F)C(C(F)(F)F)C2)N1. The molecule has 0 aromatic rings. The molecule has 1 heterocycles. The minimum atomic E-state index is -4.59. The molecule has 6 unspecified atom stereocenters. The number of halogens is 4. The molecule has 2 rings (SSSR count). The van der Waals surface area contributed by atoms with Crippen molar-refractivity contribution in [3.05, 3.63) is 0 Å². The standard InChI is InChI=1S/C18H34F4N6O/c1-11-9-15(28(3)8-4-7-23-2)26-16(24-11)27-17(29)25-12-5-6-14(19)13(10-12)18(20,21)22/h11-16,23-24,26H,4-10H2,1-3H3,(H2,25,27,29). The topological polar surface area (TPSA) is 80.5 Å². The molecule has 1 saturated carbocycles. The lowest BCUT2D eigenvalue weighted by Gasteiger charge is -2.41. The summed E-state index contributed by atoms with van der Waals surface area (Å²) in [4.78, 5) is 14.5. The maximum atomic E-state index is 13.6. The van der Waals surface area contributed by atoms with E-state index in [9.17, 15) is 22.4 Å². The predicted octanol–water partition coefficient (Wildman–Crippen LogP) is 1.48. The van der Waals surface area contributed by atoms with Gasteiger partial charge in [0.05, 0.1) is 12.1 Å². The molecule has 2 fully saturated rings. The highest BCUT2D eigenvalue weighted by Gasteiger charge is 2.48. The summed E-state index contributed by atoms with van der Waals surface area (Å²) >= 11 is 0. The van der Waals surface area contributed by atoms with Crippen LogP contribution >= 0.6 is 0 Å². The van der Waals surface area contributed by atoms with Gasteiger partial charge in [0.1, 0.15) is 12.5 Å². The van der Waals surface area contributed by atoms with Crippen molar-refractivity contribution < 1.29 is 22.4 Å². The first-order chi connectivity index (χ1) is 13.6. The van der Waals surface area contributed by atoms with E-state index < -0.39 is 43.0 Å². The molecule has 11 heteroatoms. The Morgan fingerprint density at radius 3 is 2.55 bits per heavy atom. The average Bonchev–Trinajstić information content (AvgIpc) is 2.62. The van der Waals surface area contributed by atoms with Gasteiger partial charge in [-0.25, -0.2) is 9.18 Å². The Balaban J connectivity index is 1.83. The fourth-order valence-electron chi connectivity index (χ4n) is 4.01. The number of hydrogen-bond acceptors (Lipinski definition) is 5. The minimum absolute atomic E-state index is 0.0602. The molecular formula is C18H34F4N6O. The summed E-state index contributed by atoms with van der Waals surface area (Å²) in [5.74, 6) is -2.02. The summed E-state index contributed by atoms with van der Waals surface area (Å²) in [6.45, 7) is 3.81. The number of amides is 2. The Morgan fingerprint density at radius 2 is 1.90 bits per heavy atom. The average molecular weight is 427 g/mol. The summed E-state index contributed by atoms with van der Waals surface area (Å²) in [6.07, 6.45) is -5.55. The molecule has 5 N–H and O–H groups in total. The van der Waals surface area contributed by atoms with Crippen LogP contribution in [0.15, 0.2) is 0 Å². The molecule has 29 heavy (non-hydrogen) atoms. The van der Waals surface area contributed by atoms with E-state index in [0.29, 0.717) is 0 Å². The third-order valence-corrected chi connectivity index (χ3v) is 5.65. The van der Waals surface area contributed by atoms with Crippen molar-refractivity contribution in [1.82, 2.24) is 31.5 Å². The summed E-state index contributed by atoms with van der Waals surface area (Å²) < 4.78 is 52.5. The summed E-state index contributed by atoms with van der Waals surface area (Å²) in [5.41, 5.74) is 0. The van der Waals surface area contributed by atoms with E-state index >= 15 is 0 Å². The molecule has 2 amide bonds. The largest absolute Gasteiger partial charge is 0.394 e. The zero-order valence-corrected chi connectivity index (χ0v) is 17.3. The Bertz CT molecular complexity index is 523. The highest BCUT2D eigenvalue weighted by molar-refractivity contribution is 5.74. The third kappa shape index (κ3) is 7.54. The molecule has 1 saturated heterocycles. The van der Waals surface area contributed by atoms with Crippen LogP contribution in [-0.4, -0.2) is 75.0 Å². The van der Waals surface area contributed by atoms with Gasteiger partial charge in [-0.3, -0.25) is 15.5 Å². The van der Waals surface area contributed by atoms with E-state index in [0.717, 1.165) is 25.9 Å². The van der Waals surface area contributed by atoms with Crippen molar-refractivity contribution in [2.75, 3.05) is 27.2 Å². The lowest BCUT2D eigenvalue weighted by atomic mass is 9.84. The molecule has 170 valence electrons. The maximum absolute atomic E-state index is 13.6. The van der Waals surface area contributed by atoms with Crippen LogP contribution in [0, 0.1) is 5.92 Å². The van der Waals surface area contributed by atoms with Crippen LogP contribution in [0.1, 0.15) is 39.0 Å². The number of carbonyl (C=O) groups excluding carboxylic acids is 1. The van der Waals surface area contributed by atoms with Crippen LogP contribution in [0.2, 0.25) is 0 Å². The summed E-state index contributed by atoms with van der Waals surface area (Å²) in [6, 6.07) is -1.12. The summed E-state index contributed by atoms with van der Waals surface area (Å²) in [7, 11) is 3.91. The van der Waals surface area contributed by atoms with E-state index in [2.05, 4.69) is 31.5 Å². The lowest BCUT2D eigenvalue weighted by Crippen LogP contribution is -2.68. The number of urea groups is 1. The fourth-order valence-corrected chi connectivity index (χ4v) is 4.01. The molecule has 1 aliphatic carbocycles. The van der Waals surface area contributed by atoms with Crippen molar-refractivity contribution in [3.63, 3.8) is 0 Å². The second-order valence-electron chi connectivity index (χ2n) is 8.15. The predicted molar refractivity (Wildman–Crippen MR) is 103 cm³/mol. The first kappa shape index (κ1) is 24.1. The molecule has 2 aliphatic rings. The van der Waals surface area contributed by atoms with Crippen LogP contribution < -0.4 is 26.6 Å². The molecule has 0 spiro atoms. The monoisotopic (exact) mass is 426 g/mol. The number of alkyl halides is 4. The smallest absolute Gasteiger partial charge is 0.335 e. The van der Waals surface area contributed by atoms with Gasteiger partial charge < -0.3 is 16.0 Å². The van der Waals surface area contributed by atoms with Gasteiger partial charge in [0.25, 0.3) is 0 Å². The van der Waals surface area contributed by atoms with Crippen molar-refractivity contribution in [2.45, 2.75) is 75.9 Å². The number of nitrogens with zero attached hydrogens (tertiary/aromatic N) is 1. The Kier molecular flexibility index (Phi) is 8.92. The quantitative estimate of drug-likeness (QED) is 0.315. The molecule has 0 aromatic heterocycles. The van der Waals surface area contributed by atoms with Gasteiger partial charge in [-0.2, -0.15) is 13.2 Å². The molecular weight excluding hydrogens is 392 g/mol. The Morgan fingerprint density at radius 1 is 1.17 bits per heavy atom. The number of rotatable bonds is 7. The van der Waals surface area contributed by atoms with Crippen molar-refractivity contribution >= 4 is 6.03 Å². The van der Waals surface area contributed by atoms with Crippen molar-refractivity contribution in [1.29, 1.82) is 0 Å². The van der Waals surface area contributed by atoms with Crippen molar-refractivity contribution in [2.24, 2.45) is 5.92 Å². The van der Waals surface area contributed by atoms with Gasteiger partial charge in [0.15, 0.2) is 0 Å². The van der Waals surface area contributed by atoms with E-state index in [1.165, 1.54) is 0 Å². The van der Waals surface area contributed by atoms with Gasteiger partial charge in [-0.05, 0) is 59.7 Å². The van der Waals surface area contributed by atoms with Gasteiger partial charge in [0, 0.05) is 18.6 Å². The van der Waals surface area contributed by atoms with Gasteiger partial charge in [-0.1, -0.05) is 0 Å². The maximum Gasteiger partial charge on any atom is 0.394 e. The first-order valence-corrected chi connectivity index (χ1v) is 10.2. The molecule has 6 atom stereocenters. The molecule has 0 bridgehead atoms. The van der Waals surface area contributed by atoms with Gasteiger partial charge in [0.2, 0.25) is 0 Å². The number of hydrogen-bond donors (Lipinski definition) is 5. The highest BCUT2D eigenvalue weighted by Crippen LogP contribution is 2.39. The van der Waals surface area contributed by atoms with Crippen LogP contribution in [0.3, 0.4) is 0 Å². The first-order valence-electron chi connectivity index (χ1n) is 10.2. The molecule has 7 nitrogen and oxygen atoms in total. The third-order valence-electron chi connectivity index (χ3n) is 5.65. The van der Waals surface area contributed by atoms with E-state index in [1.807, 2.05) is 21.0 Å². The molecule has 0 radical (unpaired) electrons. The van der Waals surface area contributed by atoms with Crippen LogP contribution in [0.25, 0.3) is 0 Å². The van der Waals surface area contributed by atoms with Crippen LogP contribution in [0.5, 0.6) is 0 Å². The van der Waals surface area contributed by atoms with Gasteiger partial charge >= 0.3 is 12.2 Å². The van der Waals surface area contributed by atoms with Crippen LogP contribution in [-0.2, 0) is 0 Å². The second-order valence-corrected chi connectivity index (χ2v) is 8.15. The van der Waals surface area contributed by atoms with E-state index in [4.69, 9.17) is 0 Å². The summed E-state index contributed by atoms with van der Waals surface area (Å²) in [5, 5.41) is 14.9. The fraction of sp³-hybridized carbons (Fsp3) is 0.944. The number of nitrogens with one attached hydrogen (secondary N) is 5. The zero-order valence-electron chi connectivity index (χ0n) is 17.3. The molecule has 1 aliphatic heterocycles. The highest BCUT2D eigenvalue weighted by atomic mass is 19.4. The minimum Gasteiger partial charge on any atom is -0.335 e. The second kappa shape index (κ2) is 10.7. The Labute approximate surface area is 169 Å². The van der Waals surface area contributed by atoms with E-state index in [1.54, 1.807) is 0 Å². The number of carbonyl (C=O) groups is 1. The van der Waals surface area contributed by atoms with Gasteiger partial charge in [-0.15, -0.1) is 0 Å². The Hall–Kier alpha value is -1.17.